The first-order valence-electron chi connectivity index (χ1n) is 5.82. The molecule has 3 nitrogen and oxygen atoms in total. The number of rotatable bonds is 8. The molecule has 1 unspecified atom stereocenters. The van der Waals surface area contributed by atoms with E-state index in [2.05, 4.69) is 6.92 Å². The number of hydrogen-bond donors (Lipinski definition) is 0. The lowest BCUT2D eigenvalue weighted by molar-refractivity contribution is -0.164. The lowest BCUT2D eigenvalue weighted by Crippen LogP contribution is -2.36. The molecule has 0 heterocycles. The van der Waals surface area contributed by atoms with Crippen LogP contribution in [0.15, 0.2) is 0 Å². The molecule has 0 spiro atoms. The van der Waals surface area contributed by atoms with Crippen molar-refractivity contribution >= 4 is 12.3 Å². The zero-order chi connectivity index (χ0) is 11.7. The Balaban J connectivity index is 4.48. The van der Waals surface area contributed by atoms with E-state index in [1.165, 1.54) is 0 Å². The number of esters is 1. The van der Waals surface area contributed by atoms with Crippen LogP contribution in [0.5, 0.6) is 0 Å². The second kappa shape index (κ2) is 7.43. The maximum atomic E-state index is 11.2. The molecule has 0 radical (unpaired) electrons. The SMILES string of the molecule is CCCCC(C=O)(CCC)OC(=O)CC. The zero-order valence-corrected chi connectivity index (χ0v) is 10.0. The normalized spacial score (nSPS) is 14.3. The van der Waals surface area contributed by atoms with E-state index >= 15 is 0 Å². The summed E-state index contributed by atoms with van der Waals surface area (Å²) in [6.45, 7) is 5.79. The minimum absolute atomic E-state index is 0.286. The van der Waals surface area contributed by atoms with Crippen LogP contribution < -0.4 is 0 Å². The van der Waals surface area contributed by atoms with Crippen molar-refractivity contribution in [2.75, 3.05) is 0 Å². The summed E-state index contributed by atoms with van der Waals surface area (Å²) in [7, 11) is 0. The fourth-order valence-corrected chi connectivity index (χ4v) is 1.57. The van der Waals surface area contributed by atoms with E-state index < -0.39 is 5.60 Å². The molecule has 0 aliphatic heterocycles. The van der Waals surface area contributed by atoms with Crippen molar-refractivity contribution in [1.82, 2.24) is 0 Å². The Kier molecular flexibility index (Phi) is 7.01. The van der Waals surface area contributed by atoms with Crippen LogP contribution in [-0.4, -0.2) is 17.9 Å². The first kappa shape index (κ1) is 14.1. The third-order valence-electron chi connectivity index (χ3n) is 2.45. The molecule has 0 amide bonds. The summed E-state index contributed by atoms with van der Waals surface area (Å²) in [4.78, 5) is 22.3. The summed E-state index contributed by atoms with van der Waals surface area (Å²) in [5.74, 6) is -0.286. The Morgan fingerprint density at radius 2 is 1.87 bits per heavy atom. The summed E-state index contributed by atoms with van der Waals surface area (Å²) < 4.78 is 5.27. The average molecular weight is 214 g/mol. The molecule has 1 atom stereocenters. The molecule has 15 heavy (non-hydrogen) atoms. The monoisotopic (exact) mass is 214 g/mol. The lowest BCUT2D eigenvalue weighted by atomic mass is 9.93. The van der Waals surface area contributed by atoms with Gasteiger partial charge >= 0.3 is 5.97 Å². The Labute approximate surface area is 92.2 Å². The minimum Gasteiger partial charge on any atom is -0.451 e. The second-order valence-corrected chi connectivity index (χ2v) is 3.86. The molecule has 0 aromatic rings. The van der Waals surface area contributed by atoms with Crippen LogP contribution >= 0.6 is 0 Å². The highest BCUT2D eigenvalue weighted by Crippen LogP contribution is 2.23. The predicted octanol–water partition coefficient (Wildman–Crippen LogP) is 2.87. The molecular weight excluding hydrogens is 192 g/mol. The van der Waals surface area contributed by atoms with E-state index in [9.17, 15) is 9.59 Å². The predicted molar refractivity (Wildman–Crippen MR) is 59.6 cm³/mol. The molecule has 0 bridgehead atoms. The molecule has 0 aromatic carbocycles. The third kappa shape index (κ3) is 4.96. The first-order chi connectivity index (χ1) is 7.14. The lowest BCUT2D eigenvalue weighted by Gasteiger charge is -2.27. The molecule has 0 saturated heterocycles. The molecule has 0 rings (SSSR count). The van der Waals surface area contributed by atoms with Crippen molar-refractivity contribution in [1.29, 1.82) is 0 Å². The summed E-state index contributed by atoms with van der Waals surface area (Å²) in [5.41, 5.74) is -0.863. The number of carbonyl (C=O) groups excluding carboxylic acids is 2. The Hall–Kier alpha value is -0.860. The fraction of sp³-hybridized carbons (Fsp3) is 0.833. The number of unbranched alkanes of at least 4 members (excludes halogenated alkanes) is 1. The van der Waals surface area contributed by atoms with Gasteiger partial charge in [-0.2, -0.15) is 0 Å². The topological polar surface area (TPSA) is 43.4 Å². The highest BCUT2D eigenvalue weighted by atomic mass is 16.6. The van der Waals surface area contributed by atoms with Gasteiger partial charge in [0.2, 0.25) is 0 Å². The minimum atomic E-state index is -0.863. The van der Waals surface area contributed by atoms with Crippen molar-refractivity contribution in [3.05, 3.63) is 0 Å². The van der Waals surface area contributed by atoms with Gasteiger partial charge in [-0.25, -0.2) is 0 Å². The number of hydrogen-bond acceptors (Lipinski definition) is 3. The van der Waals surface area contributed by atoms with Gasteiger partial charge in [0.05, 0.1) is 0 Å². The largest absolute Gasteiger partial charge is 0.451 e. The van der Waals surface area contributed by atoms with Crippen LogP contribution in [0.2, 0.25) is 0 Å². The average Bonchev–Trinajstić information content (AvgIpc) is 2.26. The van der Waals surface area contributed by atoms with Crippen LogP contribution in [0.4, 0.5) is 0 Å². The van der Waals surface area contributed by atoms with Crippen LogP contribution in [-0.2, 0) is 14.3 Å². The van der Waals surface area contributed by atoms with E-state index in [-0.39, 0.29) is 5.97 Å². The van der Waals surface area contributed by atoms with Crippen LogP contribution in [0, 0.1) is 0 Å². The molecular formula is C12H22O3. The summed E-state index contributed by atoms with van der Waals surface area (Å²) in [6, 6.07) is 0. The summed E-state index contributed by atoms with van der Waals surface area (Å²) in [6.07, 6.45) is 5.16. The van der Waals surface area contributed by atoms with E-state index in [0.717, 1.165) is 25.5 Å². The molecule has 3 heteroatoms. The number of carbonyl (C=O) groups is 2. The Bertz CT molecular complexity index is 201. The number of ether oxygens (including phenoxy) is 1. The summed E-state index contributed by atoms with van der Waals surface area (Å²) >= 11 is 0. The second-order valence-electron chi connectivity index (χ2n) is 3.86. The standard InChI is InChI=1S/C12H22O3/c1-4-7-9-12(10-13,8-5-2)15-11(14)6-3/h10H,4-9H2,1-3H3. The quantitative estimate of drug-likeness (QED) is 0.461. The van der Waals surface area contributed by atoms with Gasteiger partial charge in [-0.15, -0.1) is 0 Å². The molecule has 0 fully saturated rings. The van der Waals surface area contributed by atoms with Crippen molar-refractivity contribution in [2.24, 2.45) is 0 Å². The zero-order valence-electron chi connectivity index (χ0n) is 10.0. The van der Waals surface area contributed by atoms with Crippen LogP contribution in [0.3, 0.4) is 0 Å². The molecule has 0 N–H and O–H groups in total. The van der Waals surface area contributed by atoms with Crippen molar-refractivity contribution in [3.63, 3.8) is 0 Å². The van der Waals surface area contributed by atoms with Crippen molar-refractivity contribution in [3.8, 4) is 0 Å². The highest BCUT2D eigenvalue weighted by Gasteiger charge is 2.31. The summed E-state index contributed by atoms with van der Waals surface area (Å²) in [5, 5.41) is 0. The molecule has 0 aliphatic carbocycles. The molecule has 0 aliphatic rings. The van der Waals surface area contributed by atoms with Gasteiger partial charge in [0.15, 0.2) is 11.9 Å². The Morgan fingerprint density at radius 1 is 1.20 bits per heavy atom. The van der Waals surface area contributed by atoms with Gasteiger partial charge in [0, 0.05) is 6.42 Å². The van der Waals surface area contributed by atoms with Gasteiger partial charge in [-0.1, -0.05) is 33.6 Å². The van der Waals surface area contributed by atoms with Crippen LogP contribution in [0.25, 0.3) is 0 Å². The van der Waals surface area contributed by atoms with E-state index in [1.807, 2.05) is 6.92 Å². The van der Waals surface area contributed by atoms with Gasteiger partial charge in [-0.3, -0.25) is 9.59 Å². The maximum Gasteiger partial charge on any atom is 0.306 e. The smallest absolute Gasteiger partial charge is 0.306 e. The molecule has 0 saturated carbocycles. The van der Waals surface area contributed by atoms with E-state index in [1.54, 1.807) is 6.92 Å². The third-order valence-corrected chi connectivity index (χ3v) is 2.45. The number of aldehydes is 1. The van der Waals surface area contributed by atoms with Gasteiger partial charge < -0.3 is 4.74 Å². The van der Waals surface area contributed by atoms with Crippen LogP contribution in [0.1, 0.15) is 59.3 Å². The highest BCUT2D eigenvalue weighted by molar-refractivity contribution is 5.74. The fourth-order valence-electron chi connectivity index (χ4n) is 1.57. The molecule has 0 aromatic heterocycles. The van der Waals surface area contributed by atoms with Crippen molar-refractivity contribution < 1.29 is 14.3 Å². The molecule has 88 valence electrons. The van der Waals surface area contributed by atoms with Gasteiger partial charge in [0.1, 0.15) is 0 Å². The van der Waals surface area contributed by atoms with Crippen molar-refractivity contribution in [2.45, 2.75) is 64.9 Å². The van der Waals surface area contributed by atoms with E-state index in [0.29, 0.717) is 19.3 Å². The van der Waals surface area contributed by atoms with Gasteiger partial charge in [0.25, 0.3) is 0 Å². The first-order valence-corrected chi connectivity index (χ1v) is 5.82. The van der Waals surface area contributed by atoms with Gasteiger partial charge in [-0.05, 0) is 19.3 Å². The Morgan fingerprint density at radius 3 is 2.27 bits per heavy atom. The van der Waals surface area contributed by atoms with E-state index in [4.69, 9.17) is 4.74 Å². The maximum absolute atomic E-state index is 11.2.